The zero-order valence-corrected chi connectivity index (χ0v) is 43.7. The Hall–Kier alpha value is -0.760. The summed E-state index contributed by atoms with van der Waals surface area (Å²) in [4.78, 5) is 25.2. The van der Waals surface area contributed by atoms with E-state index < -0.39 is 20.0 Å². The number of likely N-dealkylation sites (N-methyl/N-ethyl adjacent to an activating group) is 1. The van der Waals surface area contributed by atoms with Gasteiger partial charge >= 0.3 is 0 Å². The molecule has 0 rings (SSSR count). The topological polar surface area (TPSA) is 108 Å². The van der Waals surface area contributed by atoms with Crippen LogP contribution in [0, 0.1) is 0 Å². The number of quaternary nitrogens is 1. The number of unbranched alkanes of at least 4 members (excludes halogenated alkanes) is 38. The minimum Gasteiger partial charge on any atom is -0.756 e. The van der Waals surface area contributed by atoms with Crippen LogP contribution in [0.1, 0.15) is 277 Å². The molecule has 376 valence electrons. The Kier molecular flexibility index (Phi) is 45.8. The maximum atomic E-state index is 12.8. The van der Waals surface area contributed by atoms with Crippen LogP contribution < -0.4 is 10.2 Å². The molecule has 0 aliphatic carbocycles. The fourth-order valence-electron chi connectivity index (χ4n) is 8.39. The molecule has 0 heterocycles. The molecule has 1 amide bonds. The maximum Gasteiger partial charge on any atom is 0.268 e. The van der Waals surface area contributed by atoms with E-state index >= 15 is 0 Å². The molecule has 3 atom stereocenters. The van der Waals surface area contributed by atoms with Crippen LogP contribution in [0.5, 0.6) is 0 Å². The normalized spacial score (nSPS) is 14.1. The number of nitrogens with one attached hydrogen (secondary N) is 1. The Morgan fingerprint density at radius 3 is 1.19 bits per heavy atom. The van der Waals surface area contributed by atoms with Crippen LogP contribution in [0.3, 0.4) is 0 Å². The van der Waals surface area contributed by atoms with Crippen molar-refractivity contribution in [2.24, 2.45) is 0 Å². The average molecular weight is 913 g/mol. The van der Waals surface area contributed by atoms with Crippen LogP contribution in [0.4, 0.5) is 0 Å². The smallest absolute Gasteiger partial charge is 0.268 e. The van der Waals surface area contributed by atoms with E-state index in [0.29, 0.717) is 17.4 Å². The van der Waals surface area contributed by atoms with Gasteiger partial charge in [-0.2, -0.15) is 0 Å². The number of allylic oxidation sites excluding steroid dienone is 1. The second kappa shape index (κ2) is 46.4. The Bertz CT molecular complexity index is 1040. The molecule has 3 unspecified atom stereocenters. The molecular formula is C54H109N2O6P. The van der Waals surface area contributed by atoms with Crippen molar-refractivity contribution in [1.29, 1.82) is 0 Å². The third kappa shape index (κ3) is 49.0. The third-order valence-corrected chi connectivity index (χ3v) is 13.7. The summed E-state index contributed by atoms with van der Waals surface area (Å²) < 4.78 is 23.1. The fourth-order valence-corrected chi connectivity index (χ4v) is 9.11. The zero-order chi connectivity index (χ0) is 46.4. The third-order valence-electron chi connectivity index (χ3n) is 12.7. The summed E-state index contributed by atoms with van der Waals surface area (Å²) >= 11 is 0. The lowest BCUT2D eigenvalue weighted by Crippen LogP contribution is -2.45. The number of nitrogens with zero attached hydrogens (tertiary/aromatic N) is 1. The zero-order valence-electron chi connectivity index (χ0n) is 42.8. The summed E-state index contributed by atoms with van der Waals surface area (Å²) in [7, 11) is 1.27. The molecule has 0 saturated carbocycles. The van der Waals surface area contributed by atoms with Crippen LogP contribution in [0.15, 0.2) is 12.2 Å². The van der Waals surface area contributed by atoms with Crippen molar-refractivity contribution in [1.82, 2.24) is 5.32 Å². The molecule has 0 spiro atoms. The van der Waals surface area contributed by atoms with Crippen molar-refractivity contribution in [3.63, 3.8) is 0 Å². The summed E-state index contributed by atoms with van der Waals surface area (Å²) in [6.07, 6.45) is 56.4. The molecule has 0 aromatic carbocycles. The highest BCUT2D eigenvalue weighted by Crippen LogP contribution is 2.38. The molecule has 0 bridgehead atoms. The van der Waals surface area contributed by atoms with Gasteiger partial charge in [-0.05, 0) is 19.3 Å². The summed E-state index contributed by atoms with van der Waals surface area (Å²) in [6.45, 7) is 4.59. The van der Waals surface area contributed by atoms with E-state index in [1.54, 1.807) is 6.08 Å². The number of aliphatic hydroxyl groups is 1. The highest BCUT2D eigenvalue weighted by Gasteiger charge is 2.23. The minimum atomic E-state index is -4.57. The van der Waals surface area contributed by atoms with Crippen LogP contribution >= 0.6 is 7.82 Å². The number of hydrogen-bond acceptors (Lipinski definition) is 6. The van der Waals surface area contributed by atoms with Crippen LogP contribution in [-0.4, -0.2) is 68.5 Å². The lowest BCUT2D eigenvalue weighted by Gasteiger charge is -2.29. The van der Waals surface area contributed by atoms with Crippen molar-refractivity contribution in [3.8, 4) is 0 Å². The first-order valence-corrected chi connectivity index (χ1v) is 29.0. The fraction of sp³-hybridized carbons (Fsp3) is 0.944. The van der Waals surface area contributed by atoms with Gasteiger partial charge in [0.1, 0.15) is 13.2 Å². The van der Waals surface area contributed by atoms with Gasteiger partial charge in [0, 0.05) is 6.42 Å². The number of carbonyl (C=O) groups is 1. The SMILES string of the molecule is CCCCCC/C=C/C(O)C(COP(=O)([O-])OCC[N+](C)(C)C)NC(=O)CCCCCCCCCCCCCCCCCCCCCCCCCCCCCCCCCCCCC. The second-order valence-electron chi connectivity index (χ2n) is 20.3. The second-order valence-corrected chi connectivity index (χ2v) is 21.7. The van der Waals surface area contributed by atoms with Gasteiger partial charge in [-0.3, -0.25) is 9.36 Å². The van der Waals surface area contributed by atoms with E-state index in [0.717, 1.165) is 44.9 Å². The number of rotatable bonds is 51. The van der Waals surface area contributed by atoms with Crippen LogP contribution in [0.2, 0.25) is 0 Å². The minimum absolute atomic E-state index is 0.00126. The van der Waals surface area contributed by atoms with E-state index in [1.165, 1.54) is 212 Å². The number of phosphoric ester groups is 1. The van der Waals surface area contributed by atoms with Crippen molar-refractivity contribution >= 4 is 13.7 Å². The first-order valence-electron chi connectivity index (χ1n) is 27.6. The van der Waals surface area contributed by atoms with Gasteiger partial charge < -0.3 is 28.8 Å². The van der Waals surface area contributed by atoms with Gasteiger partial charge in [0.2, 0.25) is 5.91 Å². The molecule has 0 fully saturated rings. The largest absolute Gasteiger partial charge is 0.756 e. The van der Waals surface area contributed by atoms with Gasteiger partial charge in [0.25, 0.3) is 7.82 Å². The number of carbonyl (C=O) groups excluding carboxylic acids is 1. The highest BCUT2D eigenvalue weighted by molar-refractivity contribution is 7.45. The van der Waals surface area contributed by atoms with Crippen molar-refractivity contribution < 1.29 is 32.9 Å². The number of phosphoric acid groups is 1. The highest BCUT2D eigenvalue weighted by atomic mass is 31.2. The van der Waals surface area contributed by atoms with E-state index in [4.69, 9.17) is 9.05 Å². The molecule has 2 N–H and O–H groups in total. The average Bonchev–Trinajstić information content (AvgIpc) is 3.24. The number of hydrogen-bond donors (Lipinski definition) is 2. The predicted octanol–water partition coefficient (Wildman–Crippen LogP) is 15.6. The van der Waals surface area contributed by atoms with Crippen LogP contribution in [-0.2, 0) is 18.4 Å². The Labute approximate surface area is 392 Å². The van der Waals surface area contributed by atoms with Gasteiger partial charge in [-0.15, -0.1) is 0 Å². The Morgan fingerprint density at radius 2 is 0.857 bits per heavy atom. The molecule has 0 saturated heterocycles. The molecule has 8 nitrogen and oxygen atoms in total. The van der Waals surface area contributed by atoms with E-state index in [9.17, 15) is 19.4 Å². The first-order chi connectivity index (χ1) is 30.5. The molecule has 63 heavy (non-hydrogen) atoms. The summed E-state index contributed by atoms with van der Waals surface area (Å²) in [5, 5.41) is 13.6. The molecule has 0 aliphatic heterocycles. The maximum absolute atomic E-state index is 12.8. The van der Waals surface area contributed by atoms with Gasteiger partial charge in [0.05, 0.1) is 39.9 Å². The lowest BCUT2D eigenvalue weighted by molar-refractivity contribution is -0.870. The lowest BCUT2D eigenvalue weighted by atomic mass is 10.0. The van der Waals surface area contributed by atoms with Gasteiger partial charge in [-0.25, -0.2) is 0 Å². The summed E-state index contributed by atoms with van der Waals surface area (Å²) in [5.41, 5.74) is 0. The van der Waals surface area contributed by atoms with Gasteiger partial charge in [0.15, 0.2) is 0 Å². The summed E-state index contributed by atoms with van der Waals surface area (Å²) in [6, 6.07) is -0.878. The monoisotopic (exact) mass is 913 g/mol. The van der Waals surface area contributed by atoms with E-state index in [-0.39, 0.29) is 19.1 Å². The molecule has 0 aliphatic rings. The van der Waals surface area contributed by atoms with Crippen molar-refractivity contribution in [2.75, 3.05) is 40.9 Å². The van der Waals surface area contributed by atoms with E-state index in [1.807, 2.05) is 27.2 Å². The predicted molar refractivity (Wildman–Crippen MR) is 270 cm³/mol. The summed E-state index contributed by atoms with van der Waals surface area (Å²) in [5.74, 6) is -0.197. The standard InChI is InChI=1S/C54H109N2O6P/c1-6-8-10-12-14-15-16-17-18-19-20-21-22-23-24-25-26-27-28-29-30-31-32-33-34-35-36-37-38-39-40-41-42-44-46-48-54(58)55-52(53(57)47-45-43-13-11-9-7-2)51-62-63(59,60)61-50-49-56(3,4)5/h45,47,52-53,57H,6-44,46,48-51H2,1-5H3,(H-,55,58,59,60)/b47-45+. The van der Waals surface area contributed by atoms with Crippen LogP contribution in [0.25, 0.3) is 0 Å². The number of aliphatic hydroxyl groups excluding tert-OH is 1. The van der Waals surface area contributed by atoms with Gasteiger partial charge in [-0.1, -0.05) is 264 Å². The molecule has 0 aromatic rings. The first kappa shape index (κ1) is 62.2. The Balaban J connectivity index is 3.73. The number of amides is 1. The molecule has 9 heteroatoms. The molecule has 0 radical (unpaired) electrons. The quantitative estimate of drug-likeness (QED) is 0.0272. The molecular weight excluding hydrogens is 804 g/mol. The van der Waals surface area contributed by atoms with E-state index in [2.05, 4.69) is 19.2 Å². The molecule has 0 aromatic heterocycles. The van der Waals surface area contributed by atoms with Crippen molar-refractivity contribution in [2.45, 2.75) is 289 Å². The Morgan fingerprint density at radius 1 is 0.540 bits per heavy atom. The van der Waals surface area contributed by atoms with Crippen molar-refractivity contribution in [3.05, 3.63) is 12.2 Å².